The number of hydrogen-bond acceptors (Lipinski definition) is 3. The molecule has 10 heavy (non-hydrogen) atoms. The molecule has 0 amide bonds. The number of rotatable bonds is 0. The molecule has 1 N–H and O–H groups in total. The van der Waals surface area contributed by atoms with Crippen LogP contribution in [-0.4, -0.2) is 104 Å². The third kappa shape index (κ3) is 8.33. The summed E-state index contributed by atoms with van der Waals surface area (Å²) in [5, 5.41) is 0. The van der Waals surface area contributed by atoms with E-state index >= 15 is 0 Å². The predicted molar refractivity (Wildman–Crippen MR) is 44.5 cm³/mol. The van der Waals surface area contributed by atoms with Crippen molar-refractivity contribution in [3.8, 4) is 0 Å². The Morgan fingerprint density at radius 3 is 2.10 bits per heavy atom. The summed E-state index contributed by atoms with van der Waals surface area (Å²) < 4.78 is 0.468. The van der Waals surface area contributed by atoms with Crippen LogP contribution in [0.25, 0.3) is 0 Å². The molecule has 0 bridgehead atoms. The number of H-pyrrole nitrogens is 1. The van der Waals surface area contributed by atoms with Gasteiger partial charge in [0, 0.05) is 88.7 Å². The molecule has 0 atom stereocenters. The minimum Gasteiger partial charge on any atom is -0.322 e. The molecule has 1 rings (SSSR count). The second-order valence-corrected chi connectivity index (χ2v) is 1.36. The summed E-state index contributed by atoms with van der Waals surface area (Å²) in [5.41, 5.74) is 0. The van der Waals surface area contributed by atoms with Crippen LogP contribution in [0.3, 0.4) is 0 Å². The van der Waals surface area contributed by atoms with Gasteiger partial charge < -0.3 is 4.98 Å². The zero-order chi connectivity index (χ0) is 5.11. The average molecular weight is 182 g/mol. The first-order valence-corrected chi connectivity index (χ1v) is 2.15. The van der Waals surface area contributed by atoms with Crippen LogP contribution in [0.2, 0.25) is 0 Å². The van der Waals surface area contributed by atoms with Gasteiger partial charge in [-0.2, -0.15) is 0 Å². The third-order valence-electron chi connectivity index (χ3n) is 0.504. The van der Waals surface area contributed by atoms with E-state index in [1.165, 1.54) is 12.7 Å². The minimum atomic E-state index is 0. The molecule has 0 fully saturated rings. The number of nitrogens with zero attached hydrogens (tertiary/aromatic N) is 2. The first kappa shape index (κ1) is 18.1. The third-order valence-corrected chi connectivity index (χ3v) is 0.727. The molecule has 1 aromatic rings. The minimum absolute atomic E-state index is 0. The van der Waals surface area contributed by atoms with Gasteiger partial charge in [-0.25, -0.2) is 9.97 Å². The smallest absolute Gasteiger partial charge is 0.199 e. The number of hydrogen-bond donors (Lipinski definition) is 1. The van der Waals surface area contributed by atoms with Gasteiger partial charge in [0.2, 0.25) is 0 Å². The Hall–Kier alpha value is 2.23. The van der Waals surface area contributed by atoms with E-state index in [1.807, 2.05) is 0 Å². The topological polar surface area (TPSA) is 41.6 Å². The quantitative estimate of drug-likeness (QED) is 0.430. The molecule has 0 aliphatic carbocycles. The van der Waals surface area contributed by atoms with Gasteiger partial charge in [-0.05, 0) is 12.2 Å². The van der Waals surface area contributed by atoms with Crippen molar-refractivity contribution in [1.29, 1.82) is 0 Å². The van der Waals surface area contributed by atoms with Gasteiger partial charge in [-0.15, -0.1) is 0 Å². The first-order chi connectivity index (χ1) is 3.39. The van der Waals surface area contributed by atoms with E-state index in [4.69, 9.17) is 0 Å². The zero-order valence-electron chi connectivity index (χ0n) is 6.46. The van der Waals surface area contributed by atoms with E-state index in [0.717, 1.165) is 0 Å². The van der Waals surface area contributed by atoms with E-state index < -0.39 is 0 Å². The Balaban J connectivity index is -0.000000163. The van der Waals surface area contributed by atoms with Crippen LogP contribution in [0.5, 0.6) is 0 Å². The normalized spacial score (nSPS) is 6.00. The van der Waals surface area contributed by atoms with Gasteiger partial charge in [-0.3, -0.25) is 0 Å². The fourth-order valence-corrected chi connectivity index (χ4v) is 0.349. The summed E-state index contributed by atoms with van der Waals surface area (Å²) in [7, 11) is 0. The molecule has 39 valence electrons. The Kier molecular flexibility index (Phi) is 20.3. The average Bonchev–Trinajstić information content (AvgIpc) is 1.69. The molecule has 3 radical (unpaired) electrons. The molecule has 0 aliphatic heterocycles. The molecule has 0 spiro atoms. The van der Waals surface area contributed by atoms with Crippen molar-refractivity contribution in [3.05, 3.63) is 17.4 Å². The van der Waals surface area contributed by atoms with Crippen LogP contribution >= 0.6 is 12.2 Å². The molecule has 0 unspecified atom stereocenters. The van der Waals surface area contributed by atoms with Gasteiger partial charge >= 0.3 is 0 Å². The van der Waals surface area contributed by atoms with Gasteiger partial charge in [0.1, 0.15) is 6.33 Å². The number of aromatic amines is 1. The molecule has 3 nitrogen and oxygen atoms in total. The zero-order valence-corrected chi connectivity index (χ0v) is 13.3. The second-order valence-electron chi connectivity index (χ2n) is 0.972. The van der Waals surface area contributed by atoms with Crippen LogP contribution in [0.1, 0.15) is 0 Å². The SMILES string of the molecule is S=c1ncnc[nH]1.[Na].[Na].[Na]. The summed E-state index contributed by atoms with van der Waals surface area (Å²) in [6.45, 7) is 0. The number of aromatic nitrogens is 3. The first-order valence-electron chi connectivity index (χ1n) is 1.74. The maximum Gasteiger partial charge on any atom is 0.199 e. The maximum absolute atomic E-state index is 4.61. The van der Waals surface area contributed by atoms with Crippen LogP contribution in [-0.2, 0) is 0 Å². The van der Waals surface area contributed by atoms with Crippen molar-refractivity contribution >= 4 is 101 Å². The maximum atomic E-state index is 4.61. The molecule has 7 heteroatoms. The van der Waals surface area contributed by atoms with E-state index in [0.29, 0.717) is 4.77 Å². The molecular weight excluding hydrogens is 179 g/mol. The summed E-state index contributed by atoms with van der Waals surface area (Å²) >= 11 is 4.61. The molecular formula is C3H3N3Na3S. The van der Waals surface area contributed by atoms with Crippen molar-refractivity contribution in [2.75, 3.05) is 0 Å². The van der Waals surface area contributed by atoms with Gasteiger partial charge in [0.25, 0.3) is 0 Å². The van der Waals surface area contributed by atoms with Crippen molar-refractivity contribution in [1.82, 2.24) is 15.0 Å². The van der Waals surface area contributed by atoms with E-state index in [1.54, 1.807) is 0 Å². The fourth-order valence-electron chi connectivity index (χ4n) is 0.249. The standard InChI is InChI=1S/C3H3N3S.3Na/c7-3-5-1-4-2-6-3;;;/h1-2H,(H,4,5,6,7);;;. The van der Waals surface area contributed by atoms with E-state index in [-0.39, 0.29) is 88.7 Å². The molecule has 0 saturated heterocycles. The van der Waals surface area contributed by atoms with Crippen molar-refractivity contribution < 1.29 is 0 Å². The Morgan fingerprint density at radius 1 is 1.30 bits per heavy atom. The largest absolute Gasteiger partial charge is 0.322 e. The fraction of sp³-hybridized carbons (Fsp3) is 0. The molecule has 0 aliphatic rings. The Bertz CT molecular complexity index is 185. The van der Waals surface area contributed by atoms with Crippen LogP contribution in [0, 0.1) is 4.77 Å². The summed E-state index contributed by atoms with van der Waals surface area (Å²) in [4.78, 5) is 9.86. The Morgan fingerprint density at radius 2 is 1.90 bits per heavy atom. The van der Waals surface area contributed by atoms with E-state index in [2.05, 4.69) is 27.2 Å². The summed E-state index contributed by atoms with van der Waals surface area (Å²) in [5.74, 6) is 0. The second kappa shape index (κ2) is 11.2. The summed E-state index contributed by atoms with van der Waals surface area (Å²) in [6, 6.07) is 0. The van der Waals surface area contributed by atoms with Crippen LogP contribution < -0.4 is 0 Å². The molecule has 0 aromatic carbocycles. The molecule has 1 heterocycles. The Labute approximate surface area is 131 Å². The summed E-state index contributed by atoms with van der Waals surface area (Å²) in [6.07, 6.45) is 2.90. The van der Waals surface area contributed by atoms with E-state index in [9.17, 15) is 0 Å². The van der Waals surface area contributed by atoms with Gasteiger partial charge in [-0.1, -0.05) is 0 Å². The van der Waals surface area contributed by atoms with Crippen LogP contribution in [0.15, 0.2) is 12.7 Å². The molecule has 1 aromatic heterocycles. The van der Waals surface area contributed by atoms with Crippen molar-refractivity contribution in [2.24, 2.45) is 0 Å². The predicted octanol–water partition coefficient (Wildman–Crippen LogP) is -0.608. The van der Waals surface area contributed by atoms with Crippen molar-refractivity contribution in [2.45, 2.75) is 0 Å². The monoisotopic (exact) mass is 182 g/mol. The van der Waals surface area contributed by atoms with Gasteiger partial charge in [0.05, 0.1) is 6.33 Å². The molecule has 0 saturated carbocycles. The van der Waals surface area contributed by atoms with Crippen molar-refractivity contribution in [3.63, 3.8) is 0 Å². The number of nitrogens with one attached hydrogen (secondary N) is 1. The van der Waals surface area contributed by atoms with Gasteiger partial charge in [0.15, 0.2) is 4.77 Å². The van der Waals surface area contributed by atoms with Crippen LogP contribution in [0.4, 0.5) is 0 Å².